The smallest absolute Gasteiger partial charge is 0.263 e. The van der Waals surface area contributed by atoms with Crippen LogP contribution in [0.2, 0.25) is 0 Å². The summed E-state index contributed by atoms with van der Waals surface area (Å²) < 4.78 is 20.2. The Labute approximate surface area is 160 Å². The van der Waals surface area contributed by atoms with E-state index in [-0.39, 0.29) is 11.4 Å². The maximum Gasteiger partial charge on any atom is 0.263 e. The fourth-order valence-electron chi connectivity index (χ4n) is 2.78. The molecule has 0 unspecified atom stereocenters. The fraction of sp³-hybridized carbons (Fsp3) is 0.150. The summed E-state index contributed by atoms with van der Waals surface area (Å²) in [5, 5.41) is 4.72. The molecule has 0 aliphatic rings. The van der Waals surface area contributed by atoms with Crippen molar-refractivity contribution in [3.8, 4) is 11.4 Å². The van der Waals surface area contributed by atoms with Crippen molar-refractivity contribution in [2.24, 2.45) is 0 Å². The van der Waals surface area contributed by atoms with Crippen LogP contribution in [0.3, 0.4) is 0 Å². The van der Waals surface area contributed by atoms with Crippen LogP contribution in [0.1, 0.15) is 0 Å². The quantitative estimate of drug-likeness (QED) is 0.558. The molecule has 4 aromatic rings. The molecule has 4 rings (SSSR count). The number of nitrogens with zero attached hydrogens (tertiary/aromatic N) is 4. The van der Waals surface area contributed by atoms with Gasteiger partial charge in [0.15, 0.2) is 5.65 Å². The van der Waals surface area contributed by atoms with E-state index in [1.54, 1.807) is 28.8 Å². The Bertz CT molecular complexity index is 1140. The van der Waals surface area contributed by atoms with E-state index in [0.29, 0.717) is 35.9 Å². The lowest BCUT2D eigenvalue weighted by molar-refractivity contribution is 0.325. The van der Waals surface area contributed by atoms with Gasteiger partial charge in [-0.15, -0.1) is 0 Å². The lowest BCUT2D eigenvalue weighted by Gasteiger charge is -2.18. The Morgan fingerprint density at radius 2 is 1.89 bits per heavy atom. The van der Waals surface area contributed by atoms with E-state index in [4.69, 9.17) is 4.74 Å². The number of likely N-dealkylation sites (N-methyl/N-ethyl adjacent to an activating group) is 1. The van der Waals surface area contributed by atoms with Gasteiger partial charge in [0.2, 0.25) is 5.95 Å². The van der Waals surface area contributed by atoms with Crippen LogP contribution in [0.15, 0.2) is 65.6 Å². The highest BCUT2D eigenvalue weighted by Gasteiger charge is 2.13. The Kier molecular flexibility index (Phi) is 4.76. The SMILES string of the molecule is CN(CCOc1ccc(F)cc1)c1nc2c(cnn2-c2ccccc2)c(=O)[nH]1. The van der Waals surface area contributed by atoms with Crippen LogP contribution in [0, 0.1) is 5.82 Å². The summed E-state index contributed by atoms with van der Waals surface area (Å²) >= 11 is 0. The molecule has 8 heteroatoms. The van der Waals surface area contributed by atoms with Crippen molar-refractivity contribution in [2.45, 2.75) is 0 Å². The van der Waals surface area contributed by atoms with Gasteiger partial charge in [0.25, 0.3) is 5.56 Å². The summed E-state index contributed by atoms with van der Waals surface area (Å²) in [6.45, 7) is 0.827. The van der Waals surface area contributed by atoms with E-state index >= 15 is 0 Å². The second-order valence-electron chi connectivity index (χ2n) is 6.24. The molecular weight excluding hydrogens is 361 g/mol. The molecular formula is C20H18FN5O2. The number of anilines is 1. The number of H-pyrrole nitrogens is 1. The number of hydrogen-bond donors (Lipinski definition) is 1. The molecule has 2 aromatic heterocycles. The zero-order valence-corrected chi connectivity index (χ0v) is 15.2. The Morgan fingerprint density at radius 1 is 1.14 bits per heavy atom. The summed E-state index contributed by atoms with van der Waals surface area (Å²) in [6, 6.07) is 15.3. The molecule has 142 valence electrons. The van der Waals surface area contributed by atoms with Gasteiger partial charge in [0, 0.05) is 7.05 Å². The van der Waals surface area contributed by atoms with E-state index in [1.165, 1.54) is 18.3 Å². The first kappa shape index (κ1) is 17.7. The van der Waals surface area contributed by atoms with Gasteiger partial charge >= 0.3 is 0 Å². The summed E-state index contributed by atoms with van der Waals surface area (Å²) in [5.41, 5.74) is 1.05. The largest absolute Gasteiger partial charge is 0.492 e. The predicted molar refractivity (Wildman–Crippen MR) is 105 cm³/mol. The first-order chi connectivity index (χ1) is 13.6. The molecule has 2 heterocycles. The fourth-order valence-corrected chi connectivity index (χ4v) is 2.78. The number of para-hydroxylation sites is 1. The number of ether oxygens (including phenoxy) is 1. The highest BCUT2D eigenvalue weighted by atomic mass is 19.1. The molecule has 0 atom stereocenters. The van der Waals surface area contributed by atoms with Crippen LogP contribution in [-0.2, 0) is 0 Å². The number of halogens is 1. The Morgan fingerprint density at radius 3 is 2.64 bits per heavy atom. The third-order valence-electron chi connectivity index (χ3n) is 4.30. The summed E-state index contributed by atoms with van der Waals surface area (Å²) in [5.74, 6) is 0.682. The second-order valence-corrected chi connectivity index (χ2v) is 6.24. The van der Waals surface area contributed by atoms with Crippen molar-refractivity contribution in [3.05, 3.63) is 77.0 Å². The Hall–Kier alpha value is -3.68. The topological polar surface area (TPSA) is 76.0 Å². The highest BCUT2D eigenvalue weighted by Crippen LogP contribution is 2.16. The third-order valence-corrected chi connectivity index (χ3v) is 4.30. The molecule has 0 spiro atoms. The van der Waals surface area contributed by atoms with Crippen LogP contribution in [-0.4, -0.2) is 39.9 Å². The number of nitrogens with one attached hydrogen (secondary N) is 1. The molecule has 7 nitrogen and oxygen atoms in total. The van der Waals surface area contributed by atoms with E-state index in [1.807, 2.05) is 30.3 Å². The van der Waals surface area contributed by atoms with Gasteiger partial charge in [0.1, 0.15) is 23.6 Å². The second kappa shape index (κ2) is 7.51. The summed E-state index contributed by atoms with van der Waals surface area (Å²) in [6.07, 6.45) is 1.51. The molecule has 0 amide bonds. The molecule has 0 aliphatic heterocycles. The van der Waals surface area contributed by atoms with E-state index in [9.17, 15) is 9.18 Å². The molecule has 0 radical (unpaired) electrons. The van der Waals surface area contributed by atoms with Gasteiger partial charge in [-0.1, -0.05) is 18.2 Å². The van der Waals surface area contributed by atoms with Gasteiger partial charge < -0.3 is 9.64 Å². The van der Waals surface area contributed by atoms with Gasteiger partial charge in [-0.05, 0) is 36.4 Å². The zero-order chi connectivity index (χ0) is 19.5. The number of hydrogen-bond acceptors (Lipinski definition) is 5. The molecule has 2 aromatic carbocycles. The van der Waals surface area contributed by atoms with Gasteiger partial charge in [-0.25, -0.2) is 9.07 Å². The van der Waals surface area contributed by atoms with Crippen molar-refractivity contribution in [3.63, 3.8) is 0 Å². The average molecular weight is 379 g/mol. The lowest BCUT2D eigenvalue weighted by atomic mass is 10.3. The normalized spacial score (nSPS) is 10.9. The number of fused-ring (bicyclic) bond motifs is 1. The Balaban J connectivity index is 1.54. The monoisotopic (exact) mass is 379 g/mol. The van der Waals surface area contributed by atoms with E-state index in [0.717, 1.165) is 5.69 Å². The van der Waals surface area contributed by atoms with Crippen LogP contribution >= 0.6 is 0 Å². The molecule has 28 heavy (non-hydrogen) atoms. The molecule has 0 bridgehead atoms. The third kappa shape index (κ3) is 3.57. The summed E-state index contributed by atoms with van der Waals surface area (Å²) in [4.78, 5) is 21.6. The molecule has 0 fully saturated rings. The highest BCUT2D eigenvalue weighted by molar-refractivity contribution is 5.76. The van der Waals surface area contributed by atoms with E-state index in [2.05, 4.69) is 15.1 Å². The van der Waals surface area contributed by atoms with Crippen LogP contribution in [0.4, 0.5) is 10.3 Å². The number of rotatable bonds is 6. The van der Waals surface area contributed by atoms with Crippen molar-refractivity contribution in [2.75, 3.05) is 25.1 Å². The predicted octanol–water partition coefficient (Wildman–Crippen LogP) is 2.76. The molecule has 0 saturated heterocycles. The van der Waals surface area contributed by atoms with Crippen molar-refractivity contribution in [1.82, 2.24) is 19.7 Å². The van der Waals surface area contributed by atoms with Crippen molar-refractivity contribution < 1.29 is 9.13 Å². The van der Waals surface area contributed by atoms with Crippen molar-refractivity contribution in [1.29, 1.82) is 0 Å². The zero-order valence-electron chi connectivity index (χ0n) is 15.2. The molecule has 0 saturated carbocycles. The van der Waals surface area contributed by atoms with Crippen LogP contribution in [0.25, 0.3) is 16.7 Å². The minimum atomic E-state index is -0.311. The van der Waals surface area contributed by atoms with Gasteiger partial charge in [0.05, 0.1) is 18.4 Å². The van der Waals surface area contributed by atoms with Crippen molar-refractivity contribution >= 4 is 17.0 Å². The van der Waals surface area contributed by atoms with Crippen LogP contribution < -0.4 is 15.2 Å². The maximum absolute atomic E-state index is 12.9. The number of aromatic amines is 1. The standard InChI is InChI=1S/C20H18FN5O2/c1-25(11-12-28-16-9-7-14(21)8-10-16)20-23-18-17(19(27)24-20)13-22-26(18)15-5-3-2-4-6-15/h2-10,13H,11-12H2,1H3,(H,23,24,27). The maximum atomic E-state index is 12.9. The minimum absolute atomic E-state index is 0.256. The van der Waals surface area contributed by atoms with Crippen LogP contribution in [0.5, 0.6) is 5.75 Å². The molecule has 0 aliphatic carbocycles. The van der Waals surface area contributed by atoms with Gasteiger partial charge in [-0.3, -0.25) is 9.78 Å². The van der Waals surface area contributed by atoms with E-state index < -0.39 is 0 Å². The van der Waals surface area contributed by atoms with Gasteiger partial charge in [-0.2, -0.15) is 10.1 Å². The number of aromatic nitrogens is 4. The average Bonchev–Trinajstić information content (AvgIpc) is 3.15. The first-order valence-corrected chi connectivity index (χ1v) is 8.75. The summed E-state index contributed by atoms with van der Waals surface area (Å²) in [7, 11) is 1.81. The number of benzene rings is 2. The molecule has 1 N–H and O–H groups in total. The first-order valence-electron chi connectivity index (χ1n) is 8.75. The lowest BCUT2D eigenvalue weighted by Crippen LogP contribution is -2.27. The minimum Gasteiger partial charge on any atom is -0.492 e.